The lowest BCUT2D eigenvalue weighted by Crippen LogP contribution is -2.20. The summed E-state index contributed by atoms with van der Waals surface area (Å²) in [7, 11) is -7.13. The molecule has 0 aromatic carbocycles. The van der Waals surface area contributed by atoms with Gasteiger partial charge < -0.3 is 5.11 Å². The van der Waals surface area contributed by atoms with E-state index in [9.17, 15) is 16.8 Å². The summed E-state index contributed by atoms with van der Waals surface area (Å²) in [5, 5.41) is 9.15. The summed E-state index contributed by atoms with van der Waals surface area (Å²) in [5.74, 6) is 0. The van der Waals surface area contributed by atoms with E-state index in [2.05, 4.69) is 8.37 Å². The lowest BCUT2D eigenvalue weighted by molar-refractivity contribution is 0.0898. The molecule has 1 atom stereocenters. The number of aliphatic hydroxyl groups excluding tert-OH is 1. The minimum atomic E-state index is -3.59. The van der Waals surface area contributed by atoms with Crippen molar-refractivity contribution >= 4 is 20.2 Å². The summed E-state index contributed by atoms with van der Waals surface area (Å²) < 4.78 is 50.6. The van der Waals surface area contributed by atoms with Gasteiger partial charge in [-0.05, 0) is 0 Å². The molecule has 0 spiro atoms. The highest BCUT2D eigenvalue weighted by atomic mass is 32.2. The predicted octanol–water partition coefficient (Wildman–Crippen LogP) is -1.31. The first-order valence-corrected chi connectivity index (χ1v) is 7.60. The van der Waals surface area contributed by atoms with Gasteiger partial charge in [-0.2, -0.15) is 16.8 Å². The summed E-state index contributed by atoms with van der Waals surface area (Å²) >= 11 is 0. The fourth-order valence-electron chi connectivity index (χ4n) is 0.621. The highest BCUT2D eigenvalue weighted by Gasteiger charge is 2.10. The molecule has 0 unspecified atom stereocenters. The summed E-state index contributed by atoms with van der Waals surface area (Å²) in [6.07, 6.45) is 0.628. The van der Waals surface area contributed by atoms with E-state index in [1.165, 1.54) is 0 Å². The van der Waals surface area contributed by atoms with Crippen LogP contribution < -0.4 is 0 Å². The van der Waals surface area contributed by atoms with Crippen LogP contribution in [0.4, 0.5) is 0 Å². The van der Waals surface area contributed by atoms with Crippen LogP contribution in [0.25, 0.3) is 0 Å². The van der Waals surface area contributed by atoms with Crippen LogP contribution in [-0.4, -0.2) is 53.8 Å². The molecule has 1 N–H and O–H groups in total. The Balaban J connectivity index is 3.72. The maximum absolute atomic E-state index is 10.5. The summed E-state index contributed by atoms with van der Waals surface area (Å²) in [6, 6.07) is 0. The molecule has 0 fully saturated rings. The molecule has 7 nitrogen and oxygen atoms in total. The minimum Gasteiger partial charge on any atom is -0.391 e. The molecule has 0 rings (SSSR count). The van der Waals surface area contributed by atoms with E-state index in [0.717, 1.165) is 12.5 Å². The van der Waals surface area contributed by atoms with Crippen molar-refractivity contribution < 1.29 is 30.3 Å². The monoisotopic (exact) mass is 262 g/mol. The van der Waals surface area contributed by atoms with Gasteiger partial charge in [-0.3, -0.25) is 8.37 Å². The number of aliphatic hydroxyl groups is 1. The van der Waals surface area contributed by atoms with E-state index < -0.39 is 32.9 Å². The third-order valence-corrected chi connectivity index (χ3v) is 2.38. The van der Waals surface area contributed by atoms with Crippen molar-refractivity contribution in [3.05, 3.63) is 0 Å². The Bertz CT molecular complexity index is 368. The Morgan fingerprint density at radius 2 is 1.53 bits per heavy atom. The second kappa shape index (κ2) is 5.75. The Kier molecular flexibility index (Phi) is 5.67. The van der Waals surface area contributed by atoms with Crippen LogP contribution in [0.1, 0.15) is 6.42 Å². The first-order valence-electron chi connectivity index (χ1n) is 3.97. The lowest BCUT2D eigenvalue weighted by Gasteiger charge is -2.09. The molecule has 0 aromatic heterocycles. The molecule has 0 aromatic rings. The Morgan fingerprint density at radius 1 is 1.07 bits per heavy atom. The zero-order chi connectivity index (χ0) is 12.1. The molecule has 92 valence electrons. The molecule has 0 amide bonds. The van der Waals surface area contributed by atoms with Crippen LogP contribution in [0.5, 0.6) is 0 Å². The van der Waals surface area contributed by atoms with Gasteiger partial charge in [-0.15, -0.1) is 0 Å². The molecule has 0 aliphatic heterocycles. The van der Waals surface area contributed by atoms with Crippen molar-refractivity contribution in [1.82, 2.24) is 0 Å². The quantitative estimate of drug-likeness (QED) is 0.567. The van der Waals surface area contributed by atoms with Crippen molar-refractivity contribution in [1.29, 1.82) is 0 Å². The molecular weight excluding hydrogens is 248 g/mol. The molecule has 15 heavy (non-hydrogen) atoms. The maximum atomic E-state index is 10.5. The summed E-state index contributed by atoms with van der Waals surface area (Å²) in [5.41, 5.74) is 0. The van der Waals surface area contributed by atoms with Crippen molar-refractivity contribution in [3.8, 4) is 0 Å². The molecule has 0 bridgehead atoms. The zero-order valence-corrected chi connectivity index (χ0v) is 10.0. The van der Waals surface area contributed by atoms with Crippen LogP contribution in [0.2, 0.25) is 0 Å². The number of hydrogen-bond acceptors (Lipinski definition) is 7. The lowest BCUT2D eigenvalue weighted by atomic mass is 10.3. The van der Waals surface area contributed by atoms with E-state index in [1.807, 2.05) is 0 Å². The van der Waals surface area contributed by atoms with Gasteiger partial charge in [-0.25, -0.2) is 0 Å². The maximum Gasteiger partial charge on any atom is 0.264 e. The standard InChI is InChI=1S/C6H14O7S2/c1-14(8,9)12-4-3-6(7)5-13-15(2,10)11/h6-7H,3-5H2,1-2H3/t6-/m1/s1. The van der Waals surface area contributed by atoms with Crippen molar-refractivity contribution in [2.75, 3.05) is 25.7 Å². The Hall–Kier alpha value is -0.220. The van der Waals surface area contributed by atoms with Crippen molar-refractivity contribution in [3.63, 3.8) is 0 Å². The topological polar surface area (TPSA) is 107 Å². The number of rotatable bonds is 7. The second-order valence-corrected chi connectivity index (χ2v) is 6.25. The van der Waals surface area contributed by atoms with Gasteiger partial charge >= 0.3 is 0 Å². The highest BCUT2D eigenvalue weighted by molar-refractivity contribution is 7.86. The smallest absolute Gasteiger partial charge is 0.264 e. The third-order valence-electron chi connectivity index (χ3n) is 1.22. The summed E-state index contributed by atoms with van der Waals surface area (Å²) in [6.45, 7) is -0.626. The van der Waals surface area contributed by atoms with E-state index in [1.54, 1.807) is 0 Å². The van der Waals surface area contributed by atoms with Crippen LogP contribution in [0.3, 0.4) is 0 Å². The van der Waals surface area contributed by atoms with Gasteiger partial charge in [-0.1, -0.05) is 0 Å². The SMILES string of the molecule is CS(=O)(=O)OCC[C@@H](O)COS(C)(=O)=O. The fourth-order valence-corrected chi connectivity index (χ4v) is 1.42. The second-order valence-electron chi connectivity index (χ2n) is 2.96. The van der Waals surface area contributed by atoms with Gasteiger partial charge in [0.1, 0.15) is 0 Å². The molecule has 0 radical (unpaired) electrons. The van der Waals surface area contributed by atoms with Crippen molar-refractivity contribution in [2.24, 2.45) is 0 Å². The average Bonchev–Trinajstić information content (AvgIpc) is 1.97. The van der Waals surface area contributed by atoms with Crippen LogP contribution in [-0.2, 0) is 28.6 Å². The largest absolute Gasteiger partial charge is 0.391 e. The van der Waals surface area contributed by atoms with E-state index in [4.69, 9.17) is 5.11 Å². The normalized spacial score (nSPS) is 15.1. The van der Waals surface area contributed by atoms with Gasteiger partial charge in [0, 0.05) is 6.42 Å². The highest BCUT2D eigenvalue weighted by Crippen LogP contribution is 1.98. The molecule has 0 aliphatic carbocycles. The predicted molar refractivity (Wildman–Crippen MR) is 52.2 cm³/mol. The van der Waals surface area contributed by atoms with Crippen molar-refractivity contribution in [2.45, 2.75) is 12.5 Å². The van der Waals surface area contributed by atoms with Crippen LogP contribution in [0.15, 0.2) is 0 Å². The van der Waals surface area contributed by atoms with Gasteiger partial charge in [0.2, 0.25) is 0 Å². The Morgan fingerprint density at radius 3 is 1.93 bits per heavy atom. The van der Waals surface area contributed by atoms with E-state index >= 15 is 0 Å². The Labute approximate surface area is 89.3 Å². The molecular formula is C6H14O7S2. The van der Waals surface area contributed by atoms with Crippen LogP contribution in [0, 0.1) is 0 Å². The molecule has 9 heteroatoms. The molecule has 0 saturated carbocycles. The molecule has 0 heterocycles. The first-order chi connectivity index (χ1) is 6.60. The van der Waals surface area contributed by atoms with Gasteiger partial charge in [0.15, 0.2) is 0 Å². The fraction of sp³-hybridized carbons (Fsp3) is 1.00. The van der Waals surface area contributed by atoms with Crippen LogP contribution >= 0.6 is 0 Å². The minimum absolute atomic E-state index is 0.0252. The van der Waals surface area contributed by atoms with Gasteiger partial charge in [0.05, 0.1) is 31.8 Å². The van der Waals surface area contributed by atoms with Gasteiger partial charge in [0.25, 0.3) is 20.2 Å². The van der Waals surface area contributed by atoms with E-state index in [0.29, 0.717) is 0 Å². The first kappa shape index (κ1) is 14.8. The number of hydrogen-bond donors (Lipinski definition) is 1. The third kappa shape index (κ3) is 11.7. The molecule has 0 saturated heterocycles. The molecule has 0 aliphatic rings. The van der Waals surface area contributed by atoms with E-state index in [-0.39, 0.29) is 13.0 Å². The zero-order valence-electron chi connectivity index (χ0n) is 8.41. The average molecular weight is 262 g/mol. The summed E-state index contributed by atoms with van der Waals surface area (Å²) in [4.78, 5) is 0.